The van der Waals surface area contributed by atoms with Gasteiger partial charge in [-0.25, -0.2) is 9.59 Å². The molecule has 1 aliphatic heterocycles. The first-order chi connectivity index (χ1) is 13.8. The third-order valence-corrected chi connectivity index (χ3v) is 5.47. The van der Waals surface area contributed by atoms with Crippen LogP contribution in [0.4, 0.5) is 4.79 Å². The number of esters is 1. The van der Waals surface area contributed by atoms with Crippen LogP contribution >= 0.6 is 27.5 Å². The molecule has 0 aliphatic carbocycles. The summed E-state index contributed by atoms with van der Waals surface area (Å²) in [6, 6.07) is 3.65. The molecule has 3 rings (SSSR count). The van der Waals surface area contributed by atoms with Gasteiger partial charge in [0.05, 0.1) is 20.8 Å². The average Bonchev–Trinajstić information content (AvgIpc) is 3.28. The van der Waals surface area contributed by atoms with Gasteiger partial charge >= 0.3 is 12.0 Å². The summed E-state index contributed by atoms with van der Waals surface area (Å²) in [5, 5.41) is 12.4. The van der Waals surface area contributed by atoms with E-state index in [0.29, 0.717) is 10.0 Å². The van der Waals surface area contributed by atoms with Crippen molar-refractivity contribution in [1.82, 2.24) is 10.2 Å². The lowest BCUT2D eigenvalue weighted by atomic mass is 10.1. The lowest BCUT2D eigenvalue weighted by Crippen LogP contribution is -2.30. The molecule has 1 aromatic carbocycles. The van der Waals surface area contributed by atoms with Gasteiger partial charge in [0.25, 0.3) is 5.91 Å². The molecule has 2 N–H and O–H groups in total. The van der Waals surface area contributed by atoms with Crippen molar-refractivity contribution in [3.05, 3.63) is 50.5 Å². The molecule has 3 amide bonds. The molecule has 1 aliphatic rings. The molecule has 0 radical (unpaired) electrons. The van der Waals surface area contributed by atoms with E-state index in [1.54, 1.807) is 0 Å². The number of aromatic hydroxyl groups is 1. The van der Waals surface area contributed by atoms with Gasteiger partial charge in [0, 0.05) is 4.47 Å². The highest BCUT2D eigenvalue weighted by atomic mass is 79.9. The van der Waals surface area contributed by atoms with Crippen molar-refractivity contribution >= 4 is 51.5 Å². The molecule has 0 bridgehead atoms. The first kappa shape index (κ1) is 20.7. The van der Waals surface area contributed by atoms with Crippen molar-refractivity contribution in [3.63, 3.8) is 0 Å². The van der Waals surface area contributed by atoms with E-state index in [1.807, 2.05) is 0 Å². The quantitative estimate of drug-likeness (QED) is 0.379. The Labute approximate surface area is 177 Å². The zero-order chi connectivity index (χ0) is 21.3. The number of benzene rings is 1. The third-order valence-electron chi connectivity index (χ3n) is 4.02. The molecule has 11 heteroatoms. The fourth-order valence-corrected chi connectivity index (χ4v) is 3.19. The minimum atomic E-state index is -0.669. The number of hydrogen-bond acceptors (Lipinski definition) is 7. The van der Waals surface area contributed by atoms with E-state index in [9.17, 15) is 19.5 Å². The van der Waals surface area contributed by atoms with E-state index in [0.717, 1.165) is 4.90 Å². The maximum atomic E-state index is 12.7. The predicted octanol–water partition coefficient (Wildman–Crippen LogP) is 3.29. The van der Waals surface area contributed by atoms with E-state index in [2.05, 4.69) is 26.0 Å². The molecule has 152 valence electrons. The van der Waals surface area contributed by atoms with Gasteiger partial charge < -0.3 is 24.3 Å². The highest BCUT2D eigenvalue weighted by molar-refractivity contribution is 9.10. The van der Waals surface area contributed by atoms with Crippen LogP contribution in [0.1, 0.15) is 21.9 Å². The summed E-state index contributed by atoms with van der Waals surface area (Å²) in [5.41, 5.74) is 0.389. The van der Waals surface area contributed by atoms with Crippen LogP contribution in [0.25, 0.3) is 6.08 Å². The van der Waals surface area contributed by atoms with Crippen LogP contribution < -0.4 is 10.1 Å². The van der Waals surface area contributed by atoms with Crippen molar-refractivity contribution in [2.24, 2.45) is 0 Å². The van der Waals surface area contributed by atoms with Crippen LogP contribution in [0.2, 0.25) is 5.02 Å². The molecule has 29 heavy (non-hydrogen) atoms. The molecule has 1 fully saturated rings. The second kappa shape index (κ2) is 8.18. The molecule has 2 heterocycles. The van der Waals surface area contributed by atoms with E-state index in [-0.39, 0.29) is 40.3 Å². The van der Waals surface area contributed by atoms with Crippen LogP contribution in [0.5, 0.6) is 11.5 Å². The molecule has 0 spiro atoms. The number of carbonyl (C=O) groups is 3. The van der Waals surface area contributed by atoms with Gasteiger partial charge in [-0.1, -0.05) is 11.6 Å². The highest BCUT2D eigenvalue weighted by Gasteiger charge is 2.34. The molecule has 2 aromatic rings. The van der Waals surface area contributed by atoms with E-state index >= 15 is 0 Å². The smallest absolute Gasteiger partial charge is 0.373 e. The Morgan fingerprint density at radius 1 is 1.38 bits per heavy atom. The minimum Gasteiger partial charge on any atom is -0.503 e. The lowest BCUT2D eigenvalue weighted by Gasteiger charge is -2.10. The number of hydrogen-bond donors (Lipinski definition) is 2. The monoisotopic (exact) mass is 484 g/mol. The normalized spacial score (nSPS) is 15.0. The molecular formula is C18H14BrClN2O7. The SMILES string of the molecule is COC(=O)c1ccc(CN2C(=O)N/C(=C\c3cc(OC)c(O)c(Cl)c3Br)C2=O)o1. The van der Waals surface area contributed by atoms with Gasteiger partial charge in [-0.2, -0.15) is 0 Å². The van der Waals surface area contributed by atoms with Gasteiger partial charge in [-0.3, -0.25) is 9.69 Å². The predicted molar refractivity (Wildman–Crippen MR) is 104 cm³/mol. The molecular weight excluding hydrogens is 472 g/mol. The van der Waals surface area contributed by atoms with Crippen molar-refractivity contribution in [2.75, 3.05) is 14.2 Å². The Morgan fingerprint density at radius 2 is 2.10 bits per heavy atom. The number of furan rings is 1. The molecule has 0 saturated carbocycles. The number of nitrogens with one attached hydrogen (secondary N) is 1. The second-order valence-electron chi connectivity index (χ2n) is 5.78. The second-order valence-corrected chi connectivity index (χ2v) is 6.95. The summed E-state index contributed by atoms with van der Waals surface area (Å²) >= 11 is 9.29. The van der Waals surface area contributed by atoms with Crippen molar-refractivity contribution in [2.45, 2.75) is 6.54 Å². The highest BCUT2D eigenvalue weighted by Crippen LogP contribution is 2.42. The number of phenols is 1. The number of nitrogens with zero attached hydrogens (tertiary/aromatic N) is 1. The van der Waals surface area contributed by atoms with E-state index in [1.165, 1.54) is 38.5 Å². The number of halogens is 2. The number of ether oxygens (including phenoxy) is 2. The summed E-state index contributed by atoms with van der Waals surface area (Å²) in [4.78, 5) is 37.3. The Morgan fingerprint density at radius 3 is 2.76 bits per heavy atom. The van der Waals surface area contributed by atoms with Gasteiger partial charge in [0.15, 0.2) is 11.5 Å². The van der Waals surface area contributed by atoms with Crippen LogP contribution in [0.15, 0.2) is 32.8 Å². The van der Waals surface area contributed by atoms with Gasteiger partial charge in [-0.05, 0) is 45.8 Å². The lowest BCUT2D eigenvalue weighted by molar-refractivity contribution is -0.123. The Hall–Kier alpha value is -2.98. The Balaban J connectivity index is 1.86. The molecule has 0 atom stereocenters. The molecule has 1 aromatic heterocycles. The summed E-state index contributed by atoms with van der Waals surface area (Å²) in [6.07, 6.45) is 1.39. The number of imide groups is 1. The third kappa shape index (κ3) is 3.94. The first-order valence-corrected chi connectivity index (χ1v) is 9.20. The topological polar surface area (TPSA) is 118 Å². The van der Waals surface area contributed by atoms with Crippen LogP contribution in [-0.2, 0) is 16.1 Å². The van der Waals surface area contributed by atoms with Crippen molar-refractivity contribution in [3.8, 4) is 11.5 Å². The van der Waals surface area contributed by atoms with Crippen LogP contribution in [0.3, 0.4) is 0 Å². The fraction of sp³-hybridized carbons (Fsp3) is 0.167. The van der Waals surface area contributed by atoms with Crippen LogP contribution in [-0.4, -0.2) is 42.1 Å². The number of methoxy groups -OCH3 is 2. The minimum absolute atomic E-state index is 0.00393. The Bertz CT molecular complexity index is 1050. The molecule has 1 saturated heterocycles. The van der Waals surface area contributed by atoms with Crippen molar-refractivity contribution < 1.29 is 33.4 Å². The Kier molecular flexibility index (Phi) is 5.85. The van der Waals surface area contributed by atoms with Gasteiger partial charge in [0.1, 0.15) is 16.5 Å². The number of urea groups is 1. The zero-order valence-electron chi connectivity index (χ0n) is 15.1. The molecule has 0 unspecified atom stereocenters. The maximum absolute atomic E-state index is 12.7. The maximum Gasteiger partial charge on any atom is 0.373 e. The van der Waals surface area contributed by atoms with Crippen LogP contribution in [0, 0.1) is 0 Å². The summed E-state index contributed by atoms with van der Waals surface area (Å²) in [7, 11) is 2.56. The standard InChI is InChI=1S/C18H14BrClN2O7/c1-27-12-6-8(13(19)14(20)15(12)23)5-10-16(24)22(18(26)21-10)7-9-3-4-11(29-9)17(25)28-2/h3-6,23H,7H2,1-2H3,(H,21,26)/b10-5-. The van der Waals surface area contributed by atoms with E-state index in [4.69, 9.17) is 20.8 Å². The summed E-state index contributed by atoms with van der Waals surface area (Å²) in [6.45, 7) is -0.181. The fourth-order valence-electron chi connectivity index (χ4n) is 2.57. The largest absolute Gasteiger partial charge is 0.503 e. The number of rotatable bonds is 5. The summed E-state index contributed by atoms with van der Waals surface area (Å²) in [5.74, 6) is -1.25. The van der Waals surface area contributed by atoms with E-state index < -0.39 is 17.9 Å². The number of amides is 3. The van der Waals surface area contributed by atoms with Gasteiger partial charge in [0.2, 0.25) is 5.76 Å². The number of carbonyl (C=O) groups excluding carboxylic acids is 3. The zero-order valence-corrected chi connectivity index (χ0v) is 17.5. The molecule has 9 nitrogen and oxygen atoms in total. The van der Waals surface area contributed by atoms with Gasteiger partial charge in [-0.15, -0.1) is 0 Å². The average molecular weight is 486 g/mol. The number of phenolic OH excluding ortho intramolecular Hbond substituents is 1. The van der Waals surface area contributed by atoms with Crippen molar-refractivity contribution in [1.29, 1.82) is 0 Å². The first-order valence-electron chi connectivity index (χ1n) is 8.03. The summed E-state index contributed by atoms with van der Waals surface area (Å²) < 4.78 is 15.2.